The summed E-state index contributed by atoms with van der Waals surface area (Å²) < 4.78 is 5.51. The van der Waals surface area contributed by atoms with E-state index in [1.54, 1.807) is 0 Å². The summed E-state index contributed by atoms with van der Waals surface area (Å²) in [7, 11) is 2.30. The van der Waals surface area contributed by atoms with Crippen LogP contribution in [-0.4, -0.2) is 67.3 Å². The van der Waals surface area contributed by atoms with Crippen molar-refractivity contribution >= 4 is 0 Å². The lowest BCUT2D eigenvalue weighted by molar-refractivity contribution is -0.00768. The molecule has 2 aliphatic heterocycles. The molecule has 2 rings (SSSR count). The van der Waals surface area contributed by atoms with Gasteiger partial charge in [-0.2, -0.15) is 0 Å². The van der Waals surface area contributed by atoms with Gasteiger partial charge in [0.15, 0.2) is 0 Å². The van der Waals surface area contributed by atoms with Crippen molar-refractivity contribution < 1.29 is 4.74 Å². The molecule has 0 saturated carbocycles. The topological polar surface area (TPSA) is 41.7 Å². The van der Waals surface area contributed by atoms with E-state index in [0.717, 1.165) is 32.6 Å². The zero-order valence-electron chi connectivity index (χ0n) is 13.6. The third kappa shape index (κ3) is 3.53. The average molecular weight is 283 g/mol. The maximum Gasteiger partial charge on any atom is 0.0480 e. The van der Waals surface area contributed by atoms with Gasteiger partial charge in [-0.05, 0) is 59.5 Å². The van der Waals surface area contributed by atoms with E-state index < -0.39 is 0 Å². The first-order valence-corrected chi connectivity index (χ1v) is 8.34. The van der Waals surface area contributed by atoms with E-state index in [2.05, 4.69) is 30.7 Å². The van der Waals surface area contributed by atoms with Crippen molar-refractivity contribution in [2.45, 2.75) is 63.6 Å². The van der Waals surface area contributed by atoms with Crippen molar-refractivity contribution in [2.75, 3.05) is 39.9 Å². The summed E-state index contributed by atoms with van der Waals surface area (Å²) in [5.41, 5.74) is 6.45. The molecule has 2 saturated heterocycles. The Balaban J connectivity index is 2.03. The minimum absolute atomic E-state index is 0.200. The number of nitrogens with zero attached hydrogens (tertiary/aromatic N) is 2. The quantitative estimate of drug-likeness (QED) is 0.852. The number of hydrogen-bond donors (Lipinski definition) is 1. The maximum atomic E-state index is 6.25. The van der Waals surface area contributed by atoms with Crippen LogP contribution >= 0.6 is 0 Å². The first-order valence-electron chi connectivity index (χ1n) is 8.34. The summed E-state index contributed by atoms with van der Waals surface area (Å²) in [5, 5.41) is 0. The fourth-order valence-corrected chi connectivity index (χ4v) is 3.88. The second-order valence-corrected chi connectivity index (χ2v) is 6.87. The summed E-state index contributed by atoms with van der Waals surface area (Å²) in [6, 6.07) is 1.30. The van der Waals surface area contributed by atoms with Gasteiger partial charge in [0.1, 0.15) is 0 Å². The molecular weight excluding hydrogens is 250 g/mol. The second-order valence-electron chi connectivity index (χ2n) is 6.87. The van der Waals surface area contributed by atoms with Crippen molar-refractivity contribution in [3.63, 3.8) is 0 Å². The Labute approximate surface area is 124 Å². The third-order valence-corrected chi connectivity index (χ3v) is 5.55. The Hall–Kier alpha value is -0.160. The number of ether oxygens (including phenoxy) is 1. The van der Waals surface area contributed by atoms with E-state index in [9.17, 15) is 0 Å². The van der Waals surface area contributed by atoms with Crippen LogP contribution in [0, 0.1) is 0 Å². The van der Waals surface area contributed by atoms with E-state index in [1.807, 2.05) is 0 Å². The van der Waals surface area contributed by atoms with Gasteiger partial charge in [-0.3, -0.25) is 4.90 Å². The Morgan fingerprint density at radius 1 is 1.25 bits per heavy atom. The van der Waals surface area contributed by atoms with E-state index in [0.29, 0.717) is 12.1 Å². The SMILES string of the molecule is CC(C)N1CCCC(CN)(N(C)C2CCOCC2)CC1. The van der Waals surface area contributed by atoms with Crippen LogP contribution in [0.3, 0.4) is 0 Å². The fourth-order valence-electron chi connectivity index (χ4n) is 3.88. The monoisotopic (exact) mass is 283 g/mol. The molecule has 2 heterocycles. The van der Waals surface area contributed by atoms with Crippen LogP contribution in [0.5, 0.6) is 0 Å². The highest BCUT2D eigenvalue weighted by Gasteiger charge is 2.38. The maximum absolute atomic E-state index is 6.25. The summed E-state index contributed by atoms with van der Waals surface area (Å²) in [5.74, 6) is 0. The van der Waals surface area contributed by atoms with E-state index >= 15 is 0 Å². The molecule has 2 fully saturated rings. The minimum Gasteiger partial charge on any atom is -0.381 e. The predicted octanol–water partition coefficient (Wildman–Crippen LogP) is 1.69. The Bertz CT molecular complexity index is 291. The molecule has 118 valence electrons. The predicted molar refractivity (Wildman–Crippen MR) is 83.9 cm³/mol. The van der Waals surface area contributed by atoms with Crippen LogP contribution in [0.4, 0.5) is 0 Å². The van der Waals surface area contributed by atoms with Gasteiger partial charge in [0, 0.05) is 43.9 Å². The minimum atomic E-state index is 0.200. The van der Waals surface area contributed by atoms with Crippen molar-refractivity contribution in [2.24, 2.45) is 5.73 Å². The zero-order chi connectivity index (χ0) is 14.6. The highest BCUT2D eigenvalue weighted by atomic mass is 16.5. The number of likely N-dealkylation sites (tertiary alicyclic amines) is 1. The molecule has 4 heteroatoms. The third-order valence-electron chi connectivity index (χ3n) is 5.55. The highest BCUT2D eigenvalue weighted by molar-refractivity contribution is 4.96. The first kappa shape index (κ1) is 16.2. The lowest BCUT2D eigenvalue weighted by atomic mass is 9.86. The van der Waals surface area contributed by atoms with Gasteiger partial charge in [-0.25, -0.2) is 0 Å². The van der Waals surface area contributed by atoms with Gasteiger partial charge in [-0.1, -0.05) is 0 Å². The molecule has 1 unspecified atom stereocenters. The van der Waals surface area contributed by atoms with Gasteiger partial charge in [0.05, 0.1) is 0 Å². The molecule has 0 spiro atoms. The summed E-state index contributed by atoms with van der Waals surface area (Å²) in [6.45, 7) is 9.62. The van der Waals surface area contributed by atoms with Gasteiger partial charge >= 0.3 is 0 Å². The van der Waals surface area contributed by atoms with E-state index in [4.69, 9.17) is 10.5 Å². The van der Waals surface area contributed by atoms with Gasteiger partial charge in [-0.15, -0.1) is 0 Å². The molecule has 1 atom stereocenters. The lowest BCUT2D eigenvalue weighted by Crippen LogP contribution is -2.57. The molecule has 0 aromatic heterocycles. The molecule has 20 heavy (non-hydrogen) atoms. The van der Waals surface area contributed by atoms with Crippen molar-refractivity contribution in [1.29, 1.82) is 0 Å². The Morgan fingerprint density at radius 2 is 1.95 bits per heavy atom. The summed E-state index contributed by atoms with van der Waals surface area (Å²) >= 11 is 0. The zero-order valence-corrected chi connectivity index (χ0v) is 13.6. The summed E-state index contributed by atoms with van der Waals surface area (Å²) in [4.78, 5) is 5.22. The van der Waals surface area contributed by atoms with Crippen LogP contribution in [0.2, 0.25) is 0 Å². The van der Waals surface area contributed by atoms with Crippen molar-refractivity contribution in [3.8, 4) is 0 Å². The van der Waals surface area contributed by atoms with Gasteiger partial charge < -0.3 is 15.4 Å². The lowest BCUT2D eigenvalue weighted by Gasteiger charge is -2.46. The molecular formula is C16H33N3O. The van der Waals surface area contributed by atoms with E-state index in [-0.39, 0.29) is 5.54 Å². The number of rotatable bonds is 4. The van der Waals surface area contributed by atoms with Gasteiger partial charge in [0.2, 0.25) is 0 Å². The van der Waals surface area contributed by atoms with Crippen LogP contribution in [0.15, 0.2) is 0 Å². The molecule has 0 bridgehead atoms. The van der Waals surface area contributed by atoms with Crippen LogP contribution in [-0.2, 0) is 4.74 Å². The van der Waals surface area contributed by atoms with Crippen LogP contribution < -0.4 is 5.73 Å². The van der Waals surface area contributed by atoms with Crippen molar-refractivity contribution in [1.82, 2.24) is 9.80 Å². The van der Waals surface area contributed by atoms with Crippen LogP contribution in [0.25, 0.3) is 0 Å². The molecule has 0 aromatic rings. The molecule has 0 radical (unpaired) electrons. The van der Waals surface area contributed by atoms with Crippen LogP contribution in [0.1, 0.15) is 46.0 Å². The molecule has 0 aliphatic carbocycles. The largest absolute Gasteiger partial charge is 0.381 e. The number of nitrogens with two attached hydrogens (primary N) is 1. The normalized spacial score (nSPS) is 30.9. The fraction of sp³-hybridized carbons (Fsp3) is 1.00. The Morgan fingerprint density at radius 3 is 2.55 bits per heavy atom. The van der Waals surface area contributed by atoms with Gasteiger partial charge in [0.25, 0.3) is 0 Å². The first-order chi connectivity index (χ1) is 9.59. The van der Waals surface area contributed by atoms with Crippen molar-refractivity contribution in [3.05, 3.63) is 0 Å². The highest BCUT2D eigenvalue weighted by Crippen LogP contribution is 2.31. The molecule has 0 aromatic carbocycles. The molecule has 2 N–H and O–H groups in total. The standard InChI is InChI=1S/C16H33N3O/c1-14(2)19-9-4-7-16(13-17,8-10-19)18(3)15-5-11-20-12-6-15/h14-15H,4-13,17H2,1-3H3. The average Bonchev–Trinajstić information content (AvgIpc) is 2.71. The summed E-state index contributed by atoms with van der Waals surface area (Å²) in [6.07, 6.45) is 6.03. The molecule has 4 nitrogen and oxygen atoms in total. The smallest absolute Gasteiger partial charge is 0.0480 e. The number of likely N-dealkylation sites (N-methyl/N-ethyl adjacent to an activating group) is 1. The molecule has 2 aliphatic rings. The second kappa shape index (κ2) is 7.21. The van der Waals surface area contributed by atoms with E-state index in [1.165, 1.54) is 32.4 Å². The molecule has 0 amide bonds. The Kier molecular flexibility index (Phi) is 5.84. The number of hydrogen-bond acceptors (Lipinski definition) is 4.